The number of rotatable bonds is 3. The third-order valence-corrected chi connectivity index (χ3v) is 3.92. The molecule has 0 aromatic carbocycles. The third-order valence-electron chi connectivity index (χ3n) is 3.92. The van der Waals surface area contributed by atoms with Crippen molar-refractivity contribution < 1.29 is 9.90 Å². The highest BCUT2D eigenvalue weighted by Gasteiger charge is 2.29. The molecule has 0 aliphatic heterocycles. The van der Waals surface area contributed by atoms with Gasteiger partial charge in [0.15, 0.2) is 5.65 Å². The number of aliphatic hydroxyl groups is 1. The van der Waals surface area contributed by atoms with Crippen LogP contribution in [0.4, 0.5) is 0 Å². The van der Waals surface area contributed by atoms with Crippen LogP contribution >= 0.6 is 0 Å². The van der Waals surface area contributed by atoms with Crippen LogP contribution in [-0.2, 0) is 0 Å². The lowest BCUT2D eigenvalue weighted by Crippen LogP contribution is -2.44. The molecule has 3 rings (SSSR count). The quantitative estimate of drug-likeness (QED) is 0.880. The molecule has 0 saturated heterocycles. The zero-order valence-corrected chi connectivity index (χ0v) is 11.2. The van der Waals surface area contributed by atoms with Gasteiger partial charge in [0.2, 0.25) is 0 Å². The number of amides is 1. The van der Waals surface area contributed by atoms with Crippen molar-refractivity contribution in [2.75, 3.05) is 6.54 Å². The van der Waals surface area contributed by atoms with Crippen molar-refractivity contribution in [3.63, 3.8) is 0 Å². The van der Waals surface area contributed by atoms with E-state index >= 15 is 0 Å². The van der Waals surface area contributed by atoms with Crippen LogP contribution in [0.25, 0.3) is 5.65 Å². The molecule has 1 saturated carbocycles. The molecule has 6 heteroatoms. The molecule has 0 spiro atoms. The summed E-state index contributed by atoms with van der Waals surface area (Å²) in [5.41, 5.74) is 0.498. The summed E-state index contributed by atoms with van der Waals surface area (Å²) in [7, 11) is 0. The van der Waals surface area contributed by atoms with Crippen LogP contribution < -0.4 is 5.32 Å². The molecular weight excluding hydrogens is 256 g/mol. The molecule has 1 fully saturated rings. The number of carbonyl (C=O) groups is 1. The molecule has 1 amide bonds. The second kappa shape index (κ2) is 5.20. The van der Waals surface area contributed by atoms with Gasteiger partial charge in [-0.25, -0.2) is 0 Å². The Morgan fingerprint density at radius 2 is 2.15 bits per heavy atom. The normalized spacial score (nSPS) is 18.1. The van der Waals surface area contributed by atoms with E-state index in [0.29, 0.717) is 17.8 Å². The first kappa shape index (κ1) is 13.1. The van der Waals surface area contributed by atoms with Gasteiger partial charge in [0, 0.05) is 12.7 Å². The smallest absolute Gasteiger partial charge is 0.252 e. The number of hydrogen-bond donors (Lipinski definition) is 2. The monoisotopic (exact) mass is 274 g/mol. The lowest BCUT2D eigenvalue weighted by Gasteiger charge is -2.32. The molecule has 2 aromatic rings. The van der Waals surface area contributed by atoms with E-state index in [9.17, 15) is 9.90 Å². The first-order valence-electron chi connectivity index (χ1n) is 6.96. The van der Waals surface area contributed by atoms with E-state index in [1.807, 2.05) is 0 Å². The lowest BCUT2D eigenvalue weighted by molar-refractivity contribution is 0.00525. The van der Waals surface area contributed by atoms with Gasteiger partial charge in [0.1, 0.15) is 6.33 Å². The predicted octanol–water partition coefficient (Wildman–Crippen LogP) is 1.15. The summed E-state index contributed by atoms with van der Waals surface area (Å²) in [5, 5.41) is 20.9. The Labute approximate surface area is 116 Å². The highest BCUT2D eigenvalue weighted by atomic mass is 16.3. The summed E-state index contributed by atoms with van der Waals surface area (Å²) in [5.74, 6) is -0.181. The summed E-state index contributed by atoms with van der Waals surface area (Å²) in [6, 6.07) is 3.46. The molecule has 2 heterocycles. The highest BCUT2D eigenvalue weighted by Crippen LogP contribution is 2.27. The van der Waals surface area contributed by atoms with Crippen LogP contribution in [0.15, 0.2) is 24.7 Å². The molecule has 2 N–H and O–H groups in total. The number of pyridine rings is 1. The van der Waals surface area contributed by atoms with Crippen LogP contribution in [0.3, 0.4) is 0 Å². The van der Waals surface area contributed by atoms with Crippen molar-refractivity contribution in [1.82, 2.24) is 19.9 Å². The maximum atomic E-state index is 12.1. The summed E-state index contributed by atoms with van der Waals surface area (Å²) < 4.78 is 1.70. The van der Waals surface area contributed by atoms with Crippen molar-refractivity contribution in [2.24, 2.45) is 0 Å². The molecule has 106 valence electrons. The van der Waals surface area contributed by atoms with Gasteiger partial charge in [-0.3, -0.25) is 9.20 Å². The highest BCUT2D eigenvalue weighted by molar-refractivity contribution is 5.94. The standard InChI is InChI=1S/C14H18N4O2/c19-13(15-9-14(20)6-2-1-3-7-14)11-4-5-12-17-16-10-18(12)8-11/h4-5,8,10,20H,1-3,6-7,9H2,(H,15,19). The molecule has 6 nitrogen and oxygen atoms in total. The fourth-order valence-electron chi connectivity index (χ4n) is 2.70. The van der Waals surface area contributed by atoms with E-state index in [4.69, 9.17) is 0 Å². The first-order valence-corrected chi connectivity index (χ1v) is 6.96. The maximum Gasteiger partial charge on any atom is 0.252 e. The molecule has 0 radical (unpaired) electrons. The van der Waals surface area contributed by atoms with E-state index in [0.717, 1.165) is 25.7 Å². The fraction of sp³-hybridized carbons (Fsp3) is 0.500. The average Bonchev–Trinajstić information content (AvgIpc) is 2.93. The van der Waals surface area contributed by atoms with Crippen molar-refractivity contribution >= 4 is 11.6 Å². The van der Waals surface area contributed by atoms with Crippen LogP contribution in [0.5, 0.6) is 0 Å². The minimum absolute atomic E-state index is 0.181. The first-order chi connectivity index (χ1) is 9.66. The van der Waals surface area contributed by atoms with Crippen molar-refractivity contribution in [1.29, 1.82) is 0 Å². The Kier molecular flexibility index (Phi) is 3.40. The molecule has 2 aromatic heterocycles. The van der Waals surface area contributed by atoms with Crippen molar-refractivity contribution in [3.8, 4) is 0 Å². The second-order valence-corrected chi connectivity index (χ2v) is 5.48. The summed E-state index contributed by atoms with van der Waals surface area (Å²) in [6.45, 7) is 0.312. The lowest BCUT2D eigenvalue weighted by atomic mass is 9.85. The SMILES string of the molecule is O=C(NCC1(O)CCCCC1)c1ccc2nncn2c1. The van der Waals surface area contributed by atoms with Gasteiger partial charge >= 0.3 is 0 Å². The molecular formula is C14H18N4O2. The van der Waals surface area contributed by atoms with Crippen LogP contribution in [0, 0.1) is 0 Å². The Balaban J connectivity index is 1.66. The van der Waals surface area contributed by atoms with E-state index in [2.05, 4.69) is 15.5 Å². The molecule has 20 heavy (non-hydrogen) atoms. The van der Waals surface area contributed by atoms with Gasteiger partial charge in [0.25, 0.3) is 5.91 Å². The largest absolute Gasteiger partial charge is 0.388 e. The molecule has 0 bridgehead atoms. The molecule has 0 atom stereocenters. The fourth-order valence-corrected chi connectivity index (χ4v) is 2.70. The number of aromatic nitrogens is 3. The summed E-state index contributed by atoms with van der Waals surface area (Å²) >= 11 is 0. The van der Waals surface area contributed by atoms with Gasteiger partial charge in [-0.05, 0) is 25.0 Å². The molecule has 1 aliphatic carbocycles. The Morgan fingerprint density at radius 1 is 1.35 bits per heavy atom. The third kappa shape index (κ3) is 2.65. The minimum Gasteiger partial charge on any atom is -0.388 e. The number of nitrogens with one attached hydrogen (secondary N) is 1. The Hall–Kier alpha value is -1.95. The van der Waals surface area contributed by atoms with Gasteiger partial charge in [-0.1, -0.05) is 19.3 Å². The topological polar surface area (TPSA) is 79.5 Å². The summed E-state index contributed by atoms with van der Waals surface area (Å²) in [4.78, 5) is 12.1. The zero-order valence-electron chi connectivity index (χ0n) is 11.2. The van der Waals surface area contributed by atoms with Crippen molar-refractivity contribution in [2.45, 2.75) is 37.7 Å². The molecule has 0 unspecified atom stereocenters. The number of nitrogens with zero attached hydrogens (tertiary/aromatic N) is 3. The summed E-state index contributed by atoms with van der Waals surface area (Å²) in [6.07, 6.45) is 7.99. The van der Waals surface area contributed by atoms with Gasteiger partial charge in [0.05, 0.1) is 11.2 Å². The van der Waals surface area contributed by atoms with E-state index in [1.54, 1.807) is 29.1 Å². The van der Waals surface area contributed by atoms with Gasteiger partial charge in [-0.15, -0.1) is 10.2 Å². The van der Waals surface area contributed by atoms with Crippen LogP contribution in [-0.4, -0.2) is 37.8 Å². The number of fused-ring (bicyclic) bond motifs is 1. The van der Waals surface area contributed by atoms with Crippen LogP contribution in [0.2, 0.25) is 0 Å². The minimum atomic E-state index is -0.741. The molecule has 1 aliphatic rings. The van der Waals surface area contributed by atoms with Gasteiger partial charge in [-0.2, -0.15) is 0 Å². The Morgan fingerprint density at radius 3 is 2.95 bits per heavy atom. The van der Waals surface area contributed by atoms with E-state index < -0.39 is 5.60 Å². The zero-order chi connectivity index (χ0) is 14.0. The van der Waals surface area contributed by atoms with Crippen molar-refractivity contribution in [3.05, 3.63) is 30.2 Å². The second-order valence-electron chi connectivity index (χ2n) is 5.48. The van der Waals surface area contributed by atoms with Gasteiger partial charge < -0.3 is 10.4 Å². The Bertz CT molecular complexity index is 616. The van der Waals surface area contributed by atoms with Crippen LogP contribution in [0.1, 0.15) is 42.5 Å². The predicted molar refractivity (Wildman–Crippen MR) is 73.4 cm³/mol. The number of carbonyl (C=O) groups excluding carboxylic acids is 1. The van der Waals surface area contributed by atoms with E-state index in [1.165, 1.54) is 6.42 Å². The maximum absolute atomic E-state index is 12.1. The number of hydrogen-bond acceptors (Lipinski definition) is 4. The average molecular weight is 274 g/mol. The van der Waals surface area contributed by atoms with E-state index in [-0.39, 0.29) is 5.91 Å².